The van der Waals surface area contributed by atoms with E-state index in [0.29, 0.717) is 12.4 Å². The van der Waals surface area contributed by atoms with E-state index in [1.165, 1.54) is 6.07 Å². The summed E-state index contributed by atoms with van der Waals surface area (Å²) in [5.41, 5.74) is 6.70. The van der Waals surface area contributed by atoms with E-state index in [9.17, 15) is 4.39 Å². The molecule has 1 saturated carbocycles. The second kappa shape index (κ2) is 4.42. The fraction of sp³-hybridized carbons (Fsp3) is 0.538. The third-order valence-electron chi connectivity index (χ3n) is 3.12. The first kappa shape index (κ1) is 11.4. The minimum Gasteiger partial charge on any atom is -0.494 e. The molecule has 0 amide bonds. The minimum absolute atomic E-state index is 0.00890. The molecule has 0 unspecified atom stereocenters. The van der Waals surface area contributed by atoms with Crippen LogP contribution in [-0.2, 0) is 6.42 Å². The van der Waals surface area contributed by atoms with Gasteiger partial charge < -0.3 is 10.5 Å². The number of halogens is 1. The molecule has 1 aromatic carbocycles. The Morgan fingerprint density at radius 3 is 2.75 bits per heavy atom. The van der Waals surface area contributed by atoms with Crippen LogP contribution in [0.15, 0.2) is 18.2 Å². The lowest BCUT2D eigenvalue weighted by molar-refractivity contribution is 0.338. The van der Waals surface area contributed by atoms with Gasteiger partial charge in [-0.2, -0.15) is 0 Å². The summed E-state index contributed by atoms with van der Waals surface area (Å²) in [6.07, 6.45) is 3.74. The third kappa shape index (κ3) is 2.73. The molecule has 1 aliphatic rings. The van der Waals surface area contributed by atoms with Gasteiger partial charge in [-0.15, -0.1) is 0 Å². The first-order chi connectivity index (χ1) is 7.63. The zero-order chi connectivity index (χ0) is 11.6. The summed E-state index contributed by atoms with van der Waals surface area (Å²) in [4.78, 5) is 0. The summed E-state index contributed by atoms with van der Waals surface area (Å²) in [5.74, 6) is 0.410. The maximum Gasteiger partial charge on any atom is 0.130 e. The minimum atomic E-state index is -0.185. The van der Waals surface area contributed by atoms with E-state index in [1.807, 2.05) is 13.0 Å². The van der Waals surface area contributed by atoms with Crippen LogP contribution in [0.4, 0.5) is 4.39 Å². The quantitative estimate of drug-likeness (QED) is 0.832. The lowest BCUT2D eigenvalue weighted by Crippen LogP contribution is -2.22. The van der Waals surface area contributed by atoms with Crippen molar-refractivity contribution in [2.75, 3.05) is 6.61 Å². The van der Waals surface area contributed by atoms with Crippen molar-refractivity contribution in [3.63, 3.8) is 0 Å². The molecule has 1 fully saturated rings. The standard InChI is InChI=1S/C13H18FNO/c1-2-16-11-4-3-10(12(14)9-11)5-6-13(15)7-8-13/h3-4,9H,2,5-8,15H2,1H3. The van der Waals surface area contributed by atoms with Crippen LogP contribution in [0.1, 0.15) is 31.7 Å². The van der Waals surface area contributed by atoms with E-state index < -0.39 is 0 Å². The molecule has 2 N–H and O–H groups in total. The van der Waals surface area contributed by atoms with Crippen LogP contribution in [0.5, 0.6) is 5.75 Å². The topological polar surface area (TPSA) is 35.2 Å². The zero-order valence-electron chi connectivity index (χ0n) is 9.63. The van der Waals surface area contributed by atoms with Gasteiger partial charge in [0.15, 0.2) is 0 Å². The smallest absolute Gasteiger partial charge is 0.130 e. The van der Waals surface area contributed by atoms with Crippen molar-refractivity contribution in [3.05, 3.63) is 29.6 Å². The lowest BCUT2D eigenvalue weighted by Gasteiger charge is -2.10. The van der Waals surface area contributed by atoms with Crippen molar-refractivity contribution >= 4 is 0 Å². The molecule has 0 spiro atoms. The summed E-state index contributed by atoms with van der Waals surface area (Å²) >= 11 is 0. The van der Waals surface area contributed by atoms with Crippen molar-refractivity contribution in [1.82, 2.24) is 0 Å². The van der Waals surface area contributed by atoms with Gasteiger partial charge in [-0.3, -0.25) is 0 Å². The van der Waals surface area contributed by atoms with E-state index in [0.717, 1.165) is 31.2 Å². The van der Waals surface area contributed by atoms with Gasteiger partial charge in [-0.1, -0.05) is 6.07 Å². The Morgan fingerprint density at radius 2 is 2.19 bits per heavy atom. The number of hydrogen-bond donors (Lipinski definition) is 1. The molecule has 0 bridgehead atoms. The van der Waals surface area contributed by atoms with Crippen LogP contribution < -0.4 is 10.5 Å². The number of ether oxygens (including phenoxy) is 1. The van der Waals surface area contributed by atoms with Crippen molar-refractivity contribution in [3.8, 4) is 5.75 Å². The maximum absolute atomic E-state index is 13.6. The highest BCUT2D eigenvalue weighted by Gasteiger charge is 2.37. The highest BCUT2D eigenvalue weighted by Crippen LogP contribution is 2.36. The Kier molecular flexibility index (Phi) is 3.15. The van der Waals surface area contributed by atoms with Crippen molar-refractivity contribution in [2.45, 2.75) is 38.1 Å². The Labute approximate surface area is 95.6 Å². The first-order valence-corrected chi connectivity index (χ1v) is 5.83. The van der Waals surface area contributed by atoms with Gasteiger partial charge in [0.25, 0.3) is 0 Å². The molecule has 16 heavy (non-hydrogen) atoms. The number of aryl methyl sites for hydroxylation is 1. The second-order valence-corrected chi connectivity index (χ2v) is 4.55. The molecule has 0 aromatic heterocycles. The molecule has 3 heteroatoms. The van der Waals surface area contributed by atoms with Crippen molar-refractivity contribution < 1.29 is 9.13 Å². The monoisotopic (exact) mass is 223 g/mol. The Morgan fingerprint density at radius 1 is 1.44 bits per heavy atom. The molecule has 1 aromatic rings. The van der Waals surface area contributed by atoms with E-state index in [4.69, 9.17) is 10.5 Å². The van der Waals surface area contributed by atoms with Crippen molar-refractivity contribution in [1.29, 1.82) is 0 Å². The molecular weight excluding hydrogens is 205 g/mol. The first-order valence-electron chi connectivity index (χ1n) is 5.83. The Balaban J connectivity index is 1.98. The summed E-state index contributed by atoms with van der Waals surface area (Å²) in [6, 6.07) is 5.07. The second-order valence-electron chi connectivity index (χ2n) is 4.55. The van der Waals surface area contributed by atoms with Gasteiger partial charge in [-0.25, -0.2) is 4.39 Å². The molecule has 0 saturated heterocycles. The average Bonchev–Trinajstić information content (AvgIpc) is 2.96. The predicted molar refractivity (Wildman–Crippen MR) is 62.0 cm³/mol. The van der Waals surface area contributed by atoms with Gasteiger partial charge in [-0.05, 0) is 44.2 Å². The van der Waals surface area contributed by atoms with Gasteiger partial charge in [0.1, 0.15) is 11.6 Å². The maximum atomic E-state index is 13.6. The van der Waals surface area contributed by atoms with Crippen molar-refractivity contribution in [2.24, 2.45) is 5.73 Å². The van der Waals surface area contributed by atoms with Crippen LogP contribution in [0.2, 0.25) is 0 Å². The van der Waals surface area contributed by atoms with Gasteiger partial charge >= 0.3 is 0 Å². The molecule has 0 radical (unpaired) electrons. The molecular formula is C13H18FNO. The van der Waals surface area contributed by atoms with Gasteiger partial charge in [0.2, 0.25) is 0 Å². The fourth-order valence-electron chi connectivity index (χ4n) is 1.78. The van der Waals surface area contributed by atoms with Crippen LogP contribution in [-0.4, -0.2) is 12.1 Å². The van der Waals surface area contributed by atoms with Gasteiger partial charge in [0.05, 0.1) is 6.61 Å². The lowest BCUT2D eigenvalue weighted by atomic mass is 10.0. The molecule has 1 aliphatic carbocycles. The molecule has 2 rings (SSSR count). The van der Waals surface area contributed by atoms with Crippen LogP contribution in [0, 0.1) is 5.82 Å². The highest BCUT2D eigenvalue weighted by atomic mass is 19.1. The summed E-state index contributed by atoms with van der Waals surface area (Å²) in [7, 11) is 0. The summed E-state index contributed by atoms with van der Waals surface area (Å²) in [5, 5.41) is 0. The van der Waals surface area contributed by atoms with E-state index in [-0.39, 0.29) is 11.4 Å². The summed E-state index contributed by atoms with van der Waals surface area (Å²) < 4.78 is 18.9. The number of rotatable bonds is 5. The Bertz CT molecular complexity index is 374. The van der Waals surface area contributed by atoms with E-state index in [1.54, 1.807) is 6.07 Å². The molecule has 0 heterocycles. The highest BCUT2D eigenvalue weighted by molar-refractivity contribution is 5.29. The van der Waals surface area contributed by atoms with Gasteiger partial charge in [0, 0.05) is 11.6 Å². The number of benzene rings is 1. The number of hydrogen-bond acceptors (Lipinski definition) is 2. The number of nitrogens with two attached hydrogens (primary N) is 1. The average molecular weight is 223 g/mol. The van der Waals surface area contributed by atoms with E-state index in [2.05, 4.69) is 0 Å². The molecule has 0 aliphatic heterocycles. The molecule has 88 valence electrons. The molecule has 2 nitrogen and oxygen atoms in total. The van der Waals surface area contributed by atoms with E-state index >= 15 is 0 Å². The van der Waals surface area contributed by atoms with Crippen LogP contribution in [0.25, 0.3) is 0 Å². The SMILES string of the molecule is CCOc1ccc(CCC2(N)CC2)c(F)c1. The largest absolute Gasteiger partial charge is 0.494 e. The zero-order valence-corrected chi connectivity index (χ0v) is 9.63. The molecule has 0 atom stereocenters. The third-order valence-corrected chi connectivity index (χ3v) is 3.12. The van der Waals surface area contributed by atoms with Crippen LogP contribution >= 0.6 is 0 Å². The summed E-state index contributed by atoms with van der Waals surface area (Å²) in [6.45, 7) is 2.45. The fourth-order valence-corrected chi connectivity index (χ4v) is 1.78. The Hall–Kier alpha value is -1.09. The predicted octanol–water partition coefficient (Wildman–Crippen LogP) is 2.65. The van der Waals surface area contributed by atoms with Crippen LogP contribution in [0.3, 0.4) is 0 Å². The normalized spacial score (nSPS) is 17.2.